The van der Waals surface area contributed by atoms with Gasteiger partial charge in [0.1, 0.15) is 0 Å². The Labute approximate surface area is 160 Å². The molecule has 4 rings (SSSR count). The molecule has 0 amide bonds. The number of carbonyl (C=O) groups is 1. The van der Waals surface area contributed by atoms with Crippen LogP contribution in [-0.4, -0.2) is 11.1 Å². The van der Waals surface area contributed by atoms with Crippen LogP contribution in [0, 0.1) is 46.3 Å². The lowest BCUT2D eigenvalue weighted by atomic mass is 9.42. The number of rotatable bonds is 4. The van der Waals surface area contributed by atoms with Crippen molar-refractivity contribution >= 4 is 5.97 Å². The number of carboxylic acids is 1. The summed E-state index contributed by atoms with van der Waals surface area (Å²) in [4.78, 5) is 11.1. The maximum atomic E-state index is 11.1. The highest BCUT2D eigenvalue weighted by molar-refractivity contribution is 5.66. The molecule has 148 valence electrons. The van der Waals surface area contributed by atoms with Crippen LogP contribution < -0.4 is 0 Å². The lowest BCUT2D eigenvalue weighted by Crippen LogP contribution is -2.55. The maximum Gasteiger partial charge on any atom is 0.303 e. The van der Waals surface area contributed by atoms with Gasteiger partial charge in [-0.1, -0.05) is 40.0 Å². The molecule has 0 saturated heterocycles. The van der Waals surface area contributed by atoms with E-state index in [1.807, 2.05) is 0 Å². The van der Waals surface area contributed by atoms with Gasteiger partial charge in [0.2, 0.25) is 0 Å². The van der Waals surface area contributed by atoms with Crippen molar-refractivity contribution in [1.29, 1.82) is 0 Å². The first kappa shape index (κ1) is 18.8. The molecule has 0 radical (unpaired) electrons. The number of fused-ring (bicyclic) bond motifs is 5. The Morgan fingerprint density at radius 1 is 0.962 bits per heavy atom. The summed E-state index contributed by atoms with van der Waals surface area (Å²) in [6.07, 6.45) is 15.5. The number of hydrogen-bond donors (Lipinski definition) is 1. The van der Waals surface area contributed by atoms with E-state index in [-0.39, 0.29) is 0 Å². The van der Waals surface area contributed by atoms with Crippen molar-refractivity contribution in [2.75, 3.05) is 0 Å². The molecule has 1 N–H and O–H groups in total. The second kappa shape index (κ2) is 6.82. The van der Waals surface area contributed by atoms with Crippen molar-refractivity contribution in [3.63, 3.8) is 0 Å². The molecule has 0 heterocycles. The number of aliphatic carboxylic acids is 1. The third-order valence-corrected chi connectivity index (χ3v) is 10.2. The van der Waals surface area contributed by atoms with Gasteiger partial charge in [-0.25, -0.2) is 0 Å². The fourth-order valence-corrected chi connectivity index (χ4v) is 8.90. The second-order valence-electron chi connectivity index (χ2n) is 10.9. The van der Waals surface area contributed by atoms with Gasteiger partial charge in [0.15, 0.2) is 0 Å². The topological polar surface area (TPSA) is 37.3 Å². The first-order valence-electron chi connectivity index (χ1n) is 11.6. The zero-order valence-electron chi connectivity index (χ0n) is 17.3. The average Bonchev–Trinajstić information content (AvgIpc) is 2.95. The van der Waals surface area contributed by atoms with Gasteiger partial charge in [0.25, 0.3) is 0 Å². The predicted molar refractivity (Wildman–Crippen MR) is 106 cm³/mol. The summed E-state index contributed by atoms with van der Waals surface area (Å²) < 4.78 is 0. The SMILES string of the molecule is CC[C@H]1CC2C3CCC(CCC(=O)O)C3(C)CC[C@@H]2C2(C)CCCCC12. The molecule has 4 fully saturated rings. The molecule has 0 aromatic rings. The smallest absolute Gasteiger partial charge is 0.303 e. The molecule has 0 bridgehead atoms. The van der Waals surface area contributed by atoms with Crippen molar-refractivity contribution in [3.8, 4) is 0 Å². The third kappa shape index (κ3) is 2.76. The standard InChI is InChI=1S/C24H40O2/c1-4-16-15-18-20-10-8-17(9-11-22(25)26)23(20,2)14-12-21(18)24(3)13-6-5-7-19(16)24/h16-21H,4-15H2,1-3H3,(H,25,26)/t16-,17?,18?,19?,20?,21-,23?,24?/m0/s1. The van der Waals surface area contributed by atoms with Crippen LogP contribution in [0.4, 0.5) is 0 Å². The van der Waals surface area contributed by atoms with Crippen LogP contribution in [0.1, 0.15) is 97.8 Å². The van der Waals surface area contributed by atoms with Gasteiger partial charge in [0.05, 0.1) is 0 Å². The van der Waals surface area contributed by atoms with Crippen molar-refractivity contribution in [2.24, 2.45) is 46.3 Å². The monoisotopic (exact) mass is 360 g/mol. The fourth-order valence-electron chi connectivity index (χ4n) is 8.90. The molecule has 0 aromatic carbocycles. The van der Waals surface area contributed by atoms with Crippen LogP contribution in [0.5, 0.6) is 0 Å². The number of hydrogen-bond acceptors (Lipinski definition) is 1. The number of carboxylic acid groups (broad SMARTS) is 1. The Hall–Kier alpha value is -0.530. The van der Waals surface area contributed by atoms with Gasteiger partial charge in [-0.3, -0.25) is 4.79 Å². The van der Waals surface area contributed by atoms with Gasteiger partial charge in [-0.15, -0.1) is 0 Å². The van der Waals surface area contributed by atoms with Crippen LogP contribution in [0.25, 0.3) is 0 Å². The van der Waals surface area contributed by atoms with Crippen molar-refractivity contribution < 1.29 is 9.90 Å². The Morgan fingerprint density at radius 3 is 2.46 bits per heavy atom. The van der Waals surface area contributed by atoms with Crippen LogP contribution >= 0.6 is 0 Å². The Morgan fingerprint density at radius 2 is 1.73 bits per heavy atom. The molecule has 26 heavy (non-hydrogen) atoms. The molecule has 2 nitrogen and oxygen atoms in total. The minimum atomic E-state index is -0.605. The normalized spacial score (nSPS) is 50.6. The first-order chi connectivity index (χ1) is 12.4. The summed E-state index contributed by atoms with van der Waals surface area (Å²) in [6.45, 7) is 7.66. The van der Waals surface area contributed by atoms with E-state index in [9.17, 15) is 9.90 Å². The molecule has 0 spiro atoms. The van der Waals surface area contributed by atoms with E-state index in [0.29, 0.717) is 23.2 Å². The lowest BCUT2D eigenvalue weighted by Gasteiger charge is -2.62. The molecule has 0 aromatic heterocycles. The maximum absolute atomic E-state index is 11.1. The van der Waals surface area contributed by atoms with Crippen LogP contribution in [0.2, 0.25) is 0 Å². The molecule has 4 aliphatic rings. The Bertz CT molecular complexity index is 542. The zero-order valence-corrected chi connectivity index (χ0v) is 17.3. The summed E-state index contributed by atoms with van der Waals surface area (Å²) >= 11 is 0. The van der Waals surface area contributed by atoms with Crippen molar-refractivity contribution in [2.45, 2.75) is 97.8 Å². The van der Waals surface area contributed by atoms with Gasteiger partial charge >= 0.3 is 5.97 Å². The lowest BCUT2D eigenvalue weighted by molar-refractivity contribution is -0.140. The summed E-state index contributed by atoms with van der Waals surface area (Å²) in [5.74, 6) is 4.72. The Balaban J connectivity index is 1.59. The van der Waals surface area contributed by atoms with Gasteiger partial charge in [0, 0.05) is 6.42 Å². The molecule has 6 unspecified atom stereocenters. The summed E-state index contributed by atoms with van der Waals surface area (Å²) in [5, 5.41) is 9.17. The summed E-state index contributed by atoms with van der Waals surface area (Å²) in [6, 6.07) is 0. The minimum absolute atomic E-state index is 0.373. The van der Waals surface area contributed by atoms with Crippen LogP contribution in [-0.2, 0) is 4.79 Å². The van der Waals surface area contributed by atoms with Gasteiger partial charge < -0.3 is 5.11 Å². The molecule has 4 aliphatic carbocycles. The molecule has 4 saturated carbocycles. The Kier molecular flexibility index (Phi) is 4.93. The van der Waals surface area contributed by atoms with Crippen LogP contribution in [0.15, 0.2) is 0 Å². The molecular formula is C24H40O2. The van der Waals surface area contributed by atoms with Gasteiger partial charge in [-0.05, 0) is 97.7 Å². The highest BCUT2D eigenvalue weighted by Gasteiger charge is 2.60. The second-order valence-corrected chi connectivity index (χ2v) is 10.9. The minimum Gasteiger partial charge on any atom is -0.481 e. The molecule has 8 atom stereocenters. The summed E-state index contributed by atoms with van der Waals surface area (Å²) in [5.41, 5.74) is 1.02. The molecular weight excluding hydrogens is 320 g/mol. The largest absolute Gasteiger partial charge is 0.481 e. The fraction of sp³-hybridized carbons (Fsp3) is 0.958. The van der Waals surface area contributed by atoms with E-state index < -0.39 is 5.97 Å². The average molecular weight is 361 g/mol. The zero-order chi connectivity index (χ0) is 18.5. The van der Waals surface area contributed by atoms with E-state index in [4.69, 9.17) is 0 Å². The van der Waals surface area contributed by atoms with E-state index in [0.717, 1.165) is 36.0 Å². The quantitative estimate of drug-likeness (QED) is 0.618. The highest BCUT2D eigenvalue weighted by atomic mass is 16.4. The van der Waals surface area contributed by atoms with Gasteiger partial charge in [-0.2, -0.15) is 0 Å². The van der Waals surface area contributed by atoms with Crippen LogP contribution in [0.3, 0.4) is 0 Å². The third-order valence-electron chi connectivity index (χ3n) is 10.2. The predicted octanol–water partition coefficient (Wildman–Crippen LogP) is 6.54. The summed E-state index contributed by atoms with van der Waals surface area (Å²) in [7, 11) is 0. The van der Waals surface area contributed by atoms with E-state index in [1.165, 1.54) is 64.2 Å². The highest BCUT2D eigenvalue weighted by Crippen LogP contribution is 2.69. The van der Waals surface area contributed by atoms with Crippen molar-refractivity contribution in [1.82, 2.24) is 0 Å². The van der Waals surface area contributed by atoms with E-state index in [2.05, 4.69) is 20.8 Å². The molecule has 0 aliphatic heterocycles. The molecule has 2 heteroatoms. The van der Waals surface area contributed by atoms with E-state index >= 15 is 0 Å². The van der Waals surface area contributed by atoms with E-state index in [1.54, 1.807) is 0 Å². The first-order valence-corrected chi connectivity index (χ1v) is 11.6. The van der Waals surface area contributed by atoms with Crippen molar-refractivity contribution in [3.05, 3.63) is 0 Å².